The van der Waals surface area contributed by atoms with Crippen LogP contribution < -0.4 is 5.32 Å². The number of esters is 1. The van der Waals surface area contributed by atoms with Crippen molar-refractivity contribution in [3.63, 3.8) is 0 Å². The van der Waals surface area contributed by atoms with Crippen LogP contribution in [-0.2, 0) is 14.3 Å². The molecular weight excluding hydrogens is 266 g/mol. The van der Waals surface area contributed by atoms with Crippen molar-refractivity contribution in [1.29, 1.82) is 0 Å². The van der Waals surface area contributed by atoms with Crippen molar-refractivity contribution in [1.82, 2.24) is 5.32 Å². The average molecular weight is 299 g/mol. The fourth-order valence-corrected chi connectivity index (χ4v) is 2.91. The van der Waals surface area contributed by atoms with E-state index in [1.54, 1.807) is 0 Å². The Hall–Kier alpha value is -0.610. The third-order valence-corrected chi connectivity index (χ3v) is 4.28. The predicted octanol–water partition coefficient (Wildman–Crippen LogP) is 3.29. The molecule has 0 saturated heterocycles. The van der Waals surface area contributed by atoms with E-state index < -0.39 is 5.54 Å². The summed E-state index contributed by atoms with van der Waals surface area (Å²) < 4.78 is 11.0. The Balaban J connectivity index is 2.25. The van der Waals surface area contributed by atoms with Gasteiger partial charge in [-0.25, -0.2) is 0 Å². The van der Waals surface area contributed by atoms with Crippen molar-refractivity contribution in [2.45, 2.75) is 71.3 Å². The van der Waals surface area contributed by atoms with Gasteiger partial charge in [0.2, 0.25) is 0 Å². The van der Waals surface area contributed by atoms with Crippen LogP contribution in [0.5, 0.6) is 0 Å². The van der Waals surface area contributed by atoms with E-state index in [0.29, 0.717) is 6.61 Å². The molecule has 1 saturated carbocycles. The number of ether oxygens (including phenoxy) is 2. The van der Waals surface area contributed by atoms with Gasteiger partial charge in [-0.05, 0) is 58.4 Å². The summed E-state index contributed by atoms with van der Waals surface area (Å²) in [5, 5.41) is 3.33. The molecular formula is C17H33NO3. The molecule has 1 N–H and O–H groups in total. The first-order chi connectivity index (χ1) is 10.1. The minimum Gasteiger partial charge on any atom is -0.465 e. The molecule has 21 heavy (non-hydrogen) atoms. The van der Waals surface area contributed by atoms with Gasteiger partial charge in [0.15, 0.2) is 0 Å². The zero-order chi connectivity index (χ0) is 15.6. The van der Waals surface area contributed by atoms with Crippen molar-refractivity contribution < 1.29 is 14.3 Å². The van der Waals surface area contributed by atoms with Gasteiger partial charge >= 0.3 is 5.97 Å². The fraction of sp³-hybridized carbons (Fsp3) is 0.941. The van der Waals surface area contributed by atoms with Crippen LogP contribution in [0, 0.1) is 5.92 Å². The number of carbonyl (C=O) groups is 1. The molecule has 0 aromatic rings. The third kappa shape index (κ3) is 6.79. The smallest absolute Gasteiger partial charge is 0.326 e. The summed E-state index contributed by atoms with van der Waals surface area (Å²) >= 11 is 0. The van der Waals surface area contributed by atoms with Gasteiger partial charge < -0.3 is 14.8 Å². The maximum atomic E-state index is 12.1. The summed E-state index contributed by atoms with van der Waals surface area (Å²) in [7, 11) is 0. The SMILES string of the molecule is CCCNC(C)(CCCOCC1CCCC1)C(=O)OCC. The second-order valence-electron chi connectivity index (χ2n) is 6.31. The maximum Gasteiger partial charge on any atom is 0.326 e. The van der Waals surface area contributed by atoms with E-state index in [1.807, 2.05) is 13.8 Å². The minimum absolute atomic E-state index is 0.144. The Kier molecular flexibility index (Phi) is 8.93. The zero-order valence-corrected chi connectivity index (χ0v) is 14.1. The molecule has 0 bridgehead atoms. The highest BCUT2D eigenvalue weighted by molar-refractivity contribution is 5.80. The third-order valence-electron chi connectivity index (χ3n) is 4.28. The zero-order valence-electron chi connectivity index (χ0n) is 14.1. The molecule has 0 radical (unpaired) electrons. The quantitative estimate of drug-likeness (QED) is 0.470. The fourth-order valence-electron chi connectivity index (χ4n) is 2.91. The van der Waals surface area contributed by atoms with E-state index >= 15 is 0 Å². The lowest BCUT2D eigenvalue weighted by molar-refractivity contribution is -0.151. The average Bonchev–Trinajstić information content (AvgIpc) is 2.98. The van der Waals surface area contributed by atoms with Crippen LogP contribution in [-0.4, -0.2) is 37.9 Å². The van der Waals surface area contributed by atoms with Gasteiger partial charge in [-0.15, -0.1) is 0 Å². The van der Waals surface area contributed by atoms with Gasteiger partial charge in [0, 0.05) is 13.2 Å². The number of hydrogen-bond acceptors (Lipinski definition) is 4. The predicted molar refractivity (Wildman–Crippen MR) is 85.3 cm³/mol. The molecule has 0 heterocycles. The van der Waals surface area contributed by atoms with Crippen molar-refractivity contribution in [2.75, 3.05) is 26.4 Å². The second kappa shape index (κ2) is 10.2. The summed E-state index contributed by atoms with van der Waals surface area (Å²) in [6, 6.07) is 0. The Labute approximate surface area is 130 Å². The molecule has 0 amide bonds. The van der Waals surface area contributed by atoms with E-state index in [4.69, 9.17) is 9.47 Å². The molecule has 0 aromatic heterocycles. The molecule has 0 aromatic carbocycles. The Morgan fingerprint density at radius 2 is 2.00 bits per heavy atom. The first kappa shape index (κ1) is 18.4. The summed E-state index contributed by atoms with van der Waals surface area (Å²) in [5.74, 6) is 0.619. The molecule has 1 atom stereocenters. The van der Waals surface area contributed by atoms with Gasteiger partial charge in [0.25, 0.3) is 0 Å². The van der Waals surface area contributed by atoms with E-state index in [1.165, 1.54) is 25.7 Å². The lowest BCUT2D eigenvalue weighted by atomic mass is 9.95. The van der Waals surface area contributed by atoms with Crippen LogP contribution in [0.4, 0.5) is 0 Å². The number of nitrogens with one attached hydrogen (secondary N) is 1. The number of rotatable bonds is 11. The number of hydrogen-bond donors (Lipinski definition) is 1. The Bertz CT molecular complexity index is 290. The molecule has 0 aliphatic heterocycles. The molecule has 1 rings (SSSR count). The van der Waals surface area contributed by atoms with Crippen molar-refractivity contribution in [3.05, 3.63) is 0 Å². The lowest BCUT2D eigenvalue weighted by Gasteiger charge is -2.28. The van der Waals surface area contributed by atoms with Gasteiger partial charge in [-0.1, -0.05) is 19.8 Å². The highest BCUT2D eigenvalue weighted by atomic mass is 16.5. The lowest BCUT2D eigenvalue weighted by Crippen LogP contribution is -2.50. The highest BCUT2D eigenvalue weighted by Crippen LogP contribution is 2.24. The van der Waals surface area contributed by atoms with Crippen molar-refractivity contribution in [3.8, 4) is 0 Å². The van der Waals surface area contributed by atoms with Crippen LogP contribution in [0.1, 0.15) is 65.7 Å². The summed E-state index contributed by atoms with van der Waals surface area (Å²) in [4.78, 5) is 12.1. The van der Waals surface area contributed by atoms with E-state index in [0.717, 1.165) is 44.9 Å². The molecule has 4 nitrogen and oxygen atoms in total. The van der Waals surface area contributed by atoms with Crippen LogP contribution in [0.15, 0.2) is 0 Å². The first-order valence-corrected chi connectivity index (χ1v) is 8.62. The van der Waals surface area contributed by atoms with Crippen LogP contribution >= 0.6 is 0 Å². The summed E-state index contributed by atoms with van der Waals surface area (Å²) in [5.41, 5.74) is -0.581. The standard InChI is InChI=1S/C17H33NO3/c1-4-12-18-17(3,16(19)21-5-2)11-8-13-20-14-15-9-6-7-10-15/h15,18H,4-14H2,1-3H3. The van der Waals surface area contributed by atoms with Crippen molar-refractivity contribution >= 4 is 5.97 Å². The first-order valence-electron chi connectivity index (χ1n) is 8.62. The monoisotopic (exact) mass is 299 g/mol. The maximum absolute atomic E-state index is 12.1. The Morgan fingerprint density at radius 3 is 2.62 bits per heavy atom. The van der Waals surface area contributed by atoms with Crippen LogP contribution in [0.3, 0.4) is 0 Å². The molecule has 1 unspecified atom stereocenters. The molecule has 1 aliphatic carbocycles. The summed E-state index contributed by atoms with van der Waals surface area (Å²) in [6.45, 7) is 8.78. The normalized spacial score (nSPS) is 18.6. The van der Waals surface area contributed by atoms with Gasteiger partial charge in [0.05, 0.1) is 6.61 Å². The second-order valence-corrected chi connectivity index (χ2v) is 6.31. The Morgan fingerprint density at radius 1 is 1.29 bits per heavy atom. The topological polar surface area (TPSA) is 47.6 Å². The van der Waals surface area contributed by atoms with E-state index in [-0.39, 0.29) is 5.97 Å². The van der Waals surface area contributed by atoms with Gasteiger partial charge in [-0.3, -0.25) is 4.79 Å². The van der Waals surface area contributed by atoms with E-state index in [2.05, 4.69) is 12.2 Å². The molecule has 1 fully saturated rings. The molecule has 124 valence electrons. The van der Waals surface area contributed by atoms with E-state index in [9.17, 15) is 4.79 Å². The summed E-state index contributed by atoms with van der Waals surface area (Å²) in [6.07, 6.45) is 8.01. The van der Waals surface area contributed by atoms with Crippen LogP contribution in [0.2, 0.25) is 0 Å². The van der Waals surface area contributed by atoms with Crippen molar-refractivity contribution in [2.24, 2.45) is 5.92 Å². The molecule has 1 aliphatic rings. The molecule has 4 heteroatoms. The minimum atomic E-state index is -0.581. The number of carbonyl (C=O) groups excluding carboxylic acids is 1. The van der Waals surface area contributed by atoms with Gasteiger partial charge in [0.1, 0.15) is 5.54 Å². The van der Waals surface area contributed by atoms with Crippen LogP contribution in [0.25, 0.3) is 0 Å². The van der Waals surface area contributed by atoms with Gasteiger partial charge in [-0.2, -0.15) is 0 Å². The molecule has 0 spiro atoms. The highest BCUT2D eigenvalue weighted by Gasteiger charge is 2.33. The largest absolute Gasteiger partial charge is 0.465 e.